The van der Waals surface area contributed by atoms with E-state index in [-0.39, 0.29) is 0 Å². The lowest BCUT2D eigenvalue weighted by atomic mass is 10.2. The maximum atomic E-state index is 11.2. The molecule has 0 aliphatic rings. The van der Waals surface area contributed by atoms with E-state index in [4.69, 9.17) is 14.9 Å². The zero-order valence-electron chi connectivity index (χ0n) is 7.83. The second kappa shape index (κ2) is 5.17. The van der Waals surface area contributed by atoms with Gasteiger partial charge in [0.15, 0.2) is 0 Å². The highest BCUT2D eigenvalue weighted by Gasteiger charge is 2.18. The van der Waals surface area contributed by atoms with E-state index in [1.165, 1.54) is 6.26 Å². The maximum absolute atomic E-state index is 11.2. The summed E-state index contributed by atoms with van der Waals surface area (Å²) in [5.41, 5.74) is 5.61. The second-order valence-corrected chi connectivity index (χ2v) is 3.61. The Kier molecular flexibility index (Phi) is 4.16. The van der Waals surface area contributed by atoms with Gasteiger partial charge >= 0.3 is 5.97 Å². The van der Waals surface area contributed by atoms with Gasteiger partial charge in [-0.2, -0.15) is 0 Å². The molecule has 0 saturated heterocycles. The Hall–Kier alpha value is -0.810. The predicted octanol–water partition coefficient (Wildman–Crippen LogP) is 1.47. The number of halogens is 1. The number of furan rings is 1. The summed E-state index contributed by atoms with van der Waals surface area (Å²) in [6, 6.07) is 1.09. The molecule has 0 aliphatic heterocycles. The van der Waals surface area contributed by atoms with Crippen LogP contribution in [0.25, 0.3) is 0 Å². The molecule has 0 aliphatic carbocycles. The smallest absolute Gasteiger partial charge is 0.323 e. The molecule has 0 radical (unpaired) electrons. The van der Waals surface area contributed by atoms with Crippen LogP contribution in [-0.2, 0) is 16.0 Å². The molecule has 0 saturated carbocycles. The molecule has 0 spiro atoms. The molecule has 1 unspecified atom stereocenters. The zero-order valence-corrected chi connectivity index (χ0v) is 9.41. The molecule has 0 bridgehead atoms. The van der Waals surface area contributed by atoms with Gasteiger partial charge in [-0.25, -0.2) is 0 Å². The minimum atomic E-state index is -0.669. The van der Waals surface area contributed by atoms with Gasteiger partial charge in [0.05, 0.1) is 17.3 Å². The Labute approximate surface area is 90.5 Å². The molecule has 1 heterocycles. The molecule has 1 aromatic rings. The molecule has 0 aromatic carbocycles. The molecule has 14 heavy (non-hydrogen) atoms. The number of carbonyl (C=O) groups is 1. The van der Waals surface area contributed by atoms with E-state index in [1.807, 2.05) is 0 Å². The molecule has 0 amide bonds. The molecule has 1 atom stereocenters. The van der Waals surface area contributed by atoms with Crippen molar-refractivity contribution in [3.63, 3.8) is 0 Å². The Morgan fingerprint density at radius 1 is 1.79 bits per heavy atom. The first-order valence-corrected chi connectivity index (χ1v) is 5.08. The van der Waals surface area contributed by atoms with Crippen molar-refractivity contribution < 1.29 is 13.9 Å². The monoisotopic (exact) mass is 261 g/mol. The van der Waals surface area contributed by atoms with E-state index in [1.54, 1.807) is 13.0 Å². The third-order valence-corrected chi connectivity index (χ3v) is 2.39. The number of carbonyl (C=O) groups excluding carboxylic acids is 1. The highest BCUT2D eigenvalue weighted by molar-refractivity contribution is 9.10. The number of rotatable bonds is 4. The molecule has 5 heteroatoms. The van der Waals surface area contributed by atoms with Crippen molar-refractivity contribution in [2.24, 2.45) is 5.73 Å². The van der Waals surface area contributed by atoms with Crippen LogP contribution < -0.4 is 5.73 Å². The Morgan fingerprint density at radius 3 is 3.00 bits per heavy atom. The van der Waals surface area contributed by atoms with Crippen LogP contribution in [-0.4, -0.2) is 18.6 Å². The summed E-state index contributed by atoms with van der Waals surface area (Å²) in [6.45, 7) is 2.08. The lowest BCUT2D eigenvalue weighted by Gasteiger charge is -2.08. The molecule has 1 rings (SSSR count). The summed E-state index contributed by atoms with van der Waals surface area (Å²) < 4.78 is 10.7. The summed E-state index contributed by atoms with van der Waals surface area (Å²) in [6.07, 6.45) is 1.88. The third kappa shape index (κ3) is 2.85. The van der Waals surface area contributed by atoms with Crippen molar-refractivity contribution in [3.05, 3.63) is 22.6 Å². The van der Waals surface area contributed by atoms with E-state index < -0.39 is 12.0 Å². The predicted molar refractivity (Wildman–Crippen MR) is 54.7 cm³/mol. The Bertz CT molecular complexity index is 311. The Balaban J connectivity index is 2.52. The van der Waals surface area contributed by atoms with Gasteiger partial charge in [0.2, 0.25) is 0 Å². The largest absolute Gasteiger partial charge is 0.468 e. The standard InChI is InChI=1S/C9H12BrNO3/c1-2-13-9(12)7(11)5-8-6(10)3-4-14-8/h3-4,7H,2,5,11H2,1H3. The fourth-order valence-electron chi connectivity index (χ4n) is 1.00. The molecular weight excluding hydrogens is 250 g/mol. The first-order valence-electron chi connectivity index (χ1n) is 4.29. The topological polar surface area (TPSA) is 65.5 Å². The summed E-state index contributed by atoms with van der Waals surface area (Å²) in [5.74, 6) is 0.251. The summed E-state index contributed by atoms with van der Waals surface area (Å²) in [7, 11) is 0. The lowest BCUT2D eigenvalue weighted by molar-refractivity contribution is -0.144. The van der Waals surface area contributed by atoms with Crippen LogP contribution in [0.15, 0.2) is 21.2 Å². The first kappa shape index (κ1) is 11.3. The summed E-state index contributed by atoms with van der Waals surface area (Å²) >= 11 is 3.28. The normalized spacial score (nSPS) is 12.5. The third-order valence-electron chi connectivity index (χ3n) is 1.69. The van der Waals surface area contributed by atoms with Crippen LogP contribution in [0.5, 0.6) is 0 Å². The van der Waals surface area contributed by atoms with Crippen LogP contribution in [0, 0.1) is 0 Å². The van der Waals surface area contributed by atoms with E-state index in [0.29, 0.717) is 18.8 Å². The molecule has 0 fully saturated rings. The first-order chi connectivity index (χ1) is 6.65. The SMILES string of the molecule is CCOC(=O)C(N)Cc1occc1Br. The highest BCUT2D eigenvalue weighted by Crippen LogP contribution is 2.18. The van der Waals surface area contributed by atoms with Crippen molar-refractivity contribution in [2.75, 3.05) is 6.61 Å². The van der Waals surface area contributed by atoms with E-state index in [9.17, 15) is 4.79 Å². The Morgan fingerprint density at radius 2 is 2.50 bits per heavy atom. The maximum Gasteiger partial charge on any atom is 0.323 e. The van der Waals surface area contributed by atoms with Crippen LogP contribution in [0.4, 0.5) is 0 Å². The van der Waals surface area contributed by atoms with Crippen LogP contribution >= 0.6 is 15.9 Å². The van der Waals surface area contributed by atoms with Crippen molar-refractivity contribution in [1.82, 2.24) is 0 Å². The van der Waals surface area contributed by atoms with E-state index in [2.05, 4.69) is 15.9 Å². The quantitative estimate of drug-likeness (QED) is 0.834. The van der Waals surface area contributed by atoms with Crippen LogP contribution in [0.2, 0.25) is 0 Å². The number of hydrogen-bond acceptors (Lipinski definition) is 4. The van der Waals surface area contributed by atoms with Gasteiger partial charge in [-0.1, -0.05) is 0 Å². The van der Waals surface area contributed by atoms with Crippen molar-refractivity contribution in [1.29, 1.82) is 0 Å². The van der Waals surface area contributed by atoms with Crippen molar-refractivity contribution >= 4 is 21.9 Å². The van der Waals surface area contributed by atoms with Crippen LogP contribution in [0.3, 0.4) is 0 Å². The number of ether oxygens (including phenoxy) is 1. The van der Waals surface area contributed by atoms with E-state index in [0.717, 1.165) is 4.47 Å². The fourth-order valence-corrected chi connectivity index (χ4v) is 1.37. The van der Waals surface area contributed by atoms with Gasteiger partial charge in [0, 0.05) is 6.42 Å². The van der Waals surface area contributed by atoms with Crippen LogP contribution in [0.1, 0.15) is 12.7 Å². The minimum absolute atomic E-state index is 0.339. The van der Waals surface area contributed by atoms with Gasteiger partial charge < -0.3 is 14.9 Å². The molecule has 1 aromatic heterocycles. The van der Waals surface area contributed by atoms with Gasteiger partial charge in [-0.05, 0) is 28.9 Å². The molecular formula is C9H12BrNO3. The van der Waals surface area contributed by atoms with Gasteiger partial charge in [0.1, 0.15) is 11.8 Å². The number of esters is 1. The van der Waals surface area contributed by atoms with Gasteiger partial charge in [-0.3, -0.25) is 4.79 Å². The molecule has 2 N–H and O–H groups in total. The summed E-state index contributed by atoms with van der Waals surface area (Å²) in [5, 5.41) is 0. The zero-order chi connectivity index (χ0) is 10.6. The van der Waals surface area contributed by atoms with Gasteiger partial charge in [-0.15, -0.1) is 0 Å². The number of hydrogen-bond donors (Lipinski definition) is 1. The average Bonchev–Trinajstić information content (AvgIpc) is 2.52. The number of nitrogens with two attached hydrogens (primary N) is 1. The second-order valence-electron chi connectivity index (χ2n) is 2.75. The highest BCUT2D eigenvalue weighted by atomic mass is 79.9. The average molecular weight is 262 g/mol. The van der Waals surface area contributed by atoms with Gasteiger partial charge in [0.25, 0.3) is 0 Å². The fraction of sp³-hybridized carbons (Fsp3) is 0.444. The van der Waals surface area contributed by atoms with E-state index >= 15 is 0 Å². The van der Waals surface area contributed by atoms with Crippen molar-refractivity contribution in [2.45, 2.75) is 19.4 Å². The molecule has 4 nitrogen and oxygen atoms in total. The lowest BCUT2D eigenvalue weighted by Crippen LogP contribution is -2.34. The molecule has 78 valence electrons. The van der Waals surface area contributed by atoms with Crippen molar-refractivity contribution in [3.8, 4) is 0 Å². The summed E-state index contributed by atoms with van der Waals surface area (Å²) in [4.78, 5) is 11.2. The minimum Gasteiger partial charge on any atom is -0.468 e.